The Labute approximate surface area is 80.3 Å². The van der Waals surface area contributed by atoms with Crippen LogP contribution in [0.5, 0.6) is 0 Å². The second kappa shape index (κ2) is 3.78. The molecule has 2 atom stereocenters. The van der Waals surface area contributed by atoms with Gasteiger partial charge >= 0.3 is 0 Å². The molecule has 0 aliphatic heterocycles. The van der Waals surface area contributed by atoms with Gasteiger partial charge in [-0.3, -0.25) is 0 Å². The summed E-state index contributed by atoms with van der Waals surface area (Å²) in [7, 11) is 0. The highest BCUT2D eigenvalue weighted by molar-refractivity contribution is 5.24. The van der Waals surface area contributed by atoms with Crippen LogP contribution < -0.4 is 0 Å². The Balaban J connectivity index is 2.18. The monoisotopic (exact) mass is 172 g/mol. The van der Waals surface area contributed by atoms with Crippen LogP contribution in [0.15, 0.2) is 42.5 Å². The molecule has 1 aliphatic carbocycles. The molecular formula is C13H16. The quantitative estimate of drug-likeness (QED) is 0.566. The summed E-state index contributed by atoms with van der Waals surface area (Å²) in [6.07, 6.45) is 7.24. The van der Waals surface area contributed by atoms with Gasteiger partial charge in [0, 0.05) is 5.92 Å². The van der Waals surface area contributed by atoms with Gasteiger partial charge < -0.3 is 0 Å². The van der Waals surface area contributed by atoms with E-state index in [-0.39, 0.29) is 0 Å². The number of allylic oxidation sites excluding steroid dienone is 2. The summed E-state index contributed by atoms with van der Waals surface area (Å²) in [6, 6.07) is 10.8. The topological polar surface area (TPSA) is 0 Å². The van der Waals surface area contributed by atoms with Crippen LogP contribution in [0.4, 0.5) is 0 Å². The summed E-state index contributed by atoms with van der Waals surface area (Å²) >= 11 is 0. The first kappa shape index (κ1) is 8.55. The fraction of sp³-hybridized carbons (Fsp3) is 0.385. The van der Waals surface area contributed by atoms with Gasteiger partial charge in [-0.2, -0.15) is 0 Å². The van der Waals surface area contributed by atoms with Gasteiger partial charge in [0.2, 0.25) is 0 Å². The van der Waals surface area contributed by atoms with Crippen molar-refractivity contribution >= 4 is 0 Å². The lowest BCUT2D eigenvalue weighted by atomic mass is 9.84. The molecule has 0 heterocycles. The Morgan fingerprint density at radius 1 is 1.15 bits per heavy atom. The summed E-state index contributed by atoms with van der Waals surface area (Å²) in [5.41, 5.74) is 1.46. The summed E-state index contributed by atoms with van der Waals surface area (Å²) in [5, 5.41) is 0. The Bertz CT molecular complexity index is 284. The average molecular weight is 172 g/mol. The largest absolute Gasteiger partial charge is 0.0877 e. The van der Waals surface area contributed by atoms with Gasteiger partial charge in [0.1, 0.15) is 0 Å². The van der Waals surface area contributed by atoms with Crippen LogP contribution in [-0.2, 0) is 0 Å². The van der Waals surface area contributed by atoms with E-state index in [1.165, 1.54) is 18.4 Å². The van der Waals surface area contributed by atoms with Gasteiger partial charge in [-0.05, 0) is 24.3 Å². The Kier molecular flexibility index (Phi) is 2.49. The minimum absolute atomic E-state index is 0.657. The van der Waals surface area contributed by atoms with Crippen molar-refractivity contribution in [3.05, 3.63) is 48.0 Å². The van der Waals surface area contributed by atoms with Crippen molar-refractivity contribution in [2.45, 2.75) is 25.7 Å². The molecule has 2 unspecified atom stereocenters. The normalized spacial score (nSPS) is 27.5. The molecule has 0 amide bonds. The zero-order chi connectivity index (χ0) is 9.10. The molecule has 0 nitrogen and oxygen atoms in total. The second-order valence-electron chi connectivity index (χ2n) is 4.02. The van der Waals surface area contributed by atoms with Crippen molar-refractivity contribution < 1.29 is 0 Å². The standard InChI is InChI=1S/C13H16/c1-11-6-5-9-13(10-11)12-7-3-2-4-8-12/h2-5,7-9,11,13H,6,10H2,1H3. The van der Waals surface area contributed by atoms with E-state index < -0.39 is 0 Å². The first-order valence-electron chi connectivity index (χ1n) is 5.08. The maximum Gasteiger partial charge on any atom is 0.00206 e. The molecule has 0 radical (unpaired) electrons. The first-order valence-corrected chi connectivity index (χ1v) is 5.08. The molecule has 0 saturated heterocycles. The third-order valence-corrected chi connectivity index (χ3v) is 2.79. The van der Waals surface area contributed by atoms with Crippen LogP contribution >= 0.6 is 0 Å². The molecule has 0 saturated carbocycles. The van der Waals surface area contributed by atoms with E-state index >= 15 is 0 Å². The fourth-order valence-corrected chi connectivity index (χ4v) is 2.03. The minimum atomic E-state index is 0.657. The summed E-state index contributed by atoms with van der Waals surface area (Å²) in [6.45, 7) is 2.33. The van der Waals surface area contributed by atoms with Crippen molar-refractivity contribution in [1.29, 1.82) is 0 Å². The molecule has 2 rings (SSSR count). The third-order valence-electron chi connectivity index (χ3n) is 2.79. The average Bonchev–Trinajstić information content (AvgIpc) is 2.19. The zero-order valence-corrected chi connectivity index (χ0v) is 8.11. The molecule has 1 aromatic rings. The van der Waals surface area contributed by atoms with Gasteiger partial charge in [-0.25, -0.2) is 0 Å². The van der Waals surface area contributed by atoms with Crippen molar-refractivity contribution in [2.24, 2.45) is 5.92 Å². The molecule has 0 bridgehead atoms. The Hall–Kier alpha value is -1.04. The van der Waals surface area contributed by atoms with Crippen molar-refractivity contribution in [3.8, 4) is 0 Å². The molecule has 0 spiro atoms. The highest BCUT2D eigenvalue weighted by atomic mass is 14.2. The smallest absolute Gasteiger partial charge is 0.00206 e. The van der Waals surface area contributed by atoms with Gasteiger partial charge in [-0.15, -0.1) is 0 Å². The van der Waals surface area contributed by atoms with Crippen LogP contribution in [0.3, 0.4) is 0 Å². The van der Waals surface area contributed by atoms with Crippen LogP contribution in [0.1, 0.15) is 31.2 Å². The lowest BCUT2D eigenvalue weighted by molar-refractivity contribution is 0.489. The predicted octanol–water partition coefficient (Wildman–Crippen LogP) is 3.76. The molecule has 1 aromatic carbocycles. The van der Waals surface area contributed by atoms with Crippen molar-refractivity contribution in [2.75, 3.05) is 0 Å². The van der Waals surface area contributed by atoms with E-state index in [4.69, 9.17) is 0 Å². The lowest BCUT2D eigenvalue weighted by Gasteiger charge is -2.21. The van der Waals surface area contributed by atoms with Gasteiger partial charge in [0.15, 0.2) is 0 Å². The van der Waals surface area contributed by atoms with Crippen LogP contribution in [0.25, 0.3) is 0 Å². The highest BCUT2D eigenvalue weighted by Crippen LogP contribution is 2.30. The van der Waals surface area contributed by atoms with E-state index in [1.807, 2.05) is 0 Å². The van der Waals surface area contributed by atoms with Crippen LogP contribution in [0.2, 0.25) is 0 Å². The lowest BCUT2D eigenvalue weighted by Crippen LogP contribution is -2.06. The molecule has 0 heteroatoms. The maximum absolute atomic E-state index is 2.36. The molecule has 0 N–H and O–H groups in total. The molecule has 1 aliphatic rings. The van der Waals surface area contributed by atoms with Gasteiger partial charge in [0.05, 0.1) is 0 Å². The van der Waals surface area contributed by atoms with E-state index in [0.29, 0.717) is 5.92 Å². The molecular weight excluding hydrogens is 156 g/mol. The Morgan fingerprint density at radius 3 is 2.62 bits per heavy atom. The van der Waals surface area contributed by atoms with Gasteiger partial charge in [-0.1, -0.05) is 49.4 Å². The minimum Gasteiger partial charge on any atom is -0.0877 e. The van der Waals surface area contributed by atoms with Crippen LogP contribution in [-0.4, -0.2) is 0 Å². The van der Waals surface area contributed by atoms with E-state index in [2.05, 4.69) is 49.4 Å². The number of rotatable bonds is 1. The predicted molar refractivity (Wildman–Crippen MR) is 56.7 cm³/mol. The SMILES string of the molecule is CC1CC=CC(c2ccccc2)C1. The second-order valence-corrected chi connectivity index (χ2v) is 4.02. The molecule has 68 valence electrons. The zero-order valence-electron chi connectivity index (χ0n) is 8.11. The molecule has 0 aromatic heterocycles. The van der Waals surface area contributed by atoms with Crippen molar-refractivity contribution in [1.82, 2.24) is 0 Å². The van der Waals surface area contributed by atoms with E-state index in [1.54, 1.807) is 0 Å². The highest BCUT2D eigenvalue weighted by Gasteiger charge is 2.15. The molecule has 13 heavy (non-hydrogen) atoms. The number of hydrogen-bond acceptors (Lipinski definition) is 0. The van der Waals surface area contributed by atoms with E-state index in [9.17, 15) is 0 Å². The first-order chi connectivity index (χ1) is 6.36. The summed E-state index contributed by atoms with van der Waals surface area (Å²) in [4.78, 5) is 0. The van der Waals surface area contributed by atoms with Gasteiger partial charge in [0.25, 0.3) is 0 Å². The fourth-order valence-electron chi connectivity index (χ4n) is 2.03. The third kappa shape index (κ3) is 2.00. The Morgan fingerprint density at radius 2 is 1.92 bits per heavy atom. The maximum atomic E-state index is 2.36. The number of hydrogen-bond donors (Lipinski definition) is 0. The number of benzene rings is 1. The van der Waals surface area contributed by atoms with E-state index in [0.717, 1.165) is 5.92 Å². The molecule has 0 fully saturated rings. The van der Waals surface area contributed by atoms with Crippen molar-refractivity contribution in [3.63, 3.8) is 0 Å². The summed E-state index contributed by atoms with van der Waals surface area (Å²) in [5.74, 6) is 1.50. The summed E-state index contributed by atoms with van der Waals surface area (Å²) < 4.78 is 0. The van der Waals surface area contributed by atoms with Crippen LogP contribution in [0, 0.1) is 5.92 Å².